The van der Waals surface area contributed by atoms with Crippen LogP contribution in [0.4, 0.5) is 10.3 Å². The molecule has 1 unspecified atom stereocenters. The van der Waals surface area contributed by atoms with Crippen molar-refractivity contribution in [2.75, 3.05) is 31.5 Å². The average molecular weight is 371 g/mol. The lowest BCUT2D eigenvalue weighted by Gasteiger charge is -2.35. The van der Waals surface area contributed by atoms with Gasteiger partial charge in [-0.1, -0.05) is 18.6 Å². The molecule has 1 atom stereocenters. The summed E-state index contributed by atoms with van der Waals surface area (Å²) >= 11 is 0. The van der Waals surface area contributed by atoms with Crippen molar-refractivity contribution < 1.29 is 9.18 Å². The van der Waals surface area contributed by atoms with Gasteiger partial charge in [-0.3, -0.25) is 9.69 Å². The van der Waals surface area contributed by atoms with Gasteiger partial charge >= 0.3 is 0 Å². The molecule has 1 aliphatic rings. The number of nitrogens with zero attached hydrogens (tertiary/aromatic N) is 3. The quantitative estimate of drug-likeness (QED) is 0.783. The van der Waals surface area contributed by atoms with Crippen molar-refractivity contribution in [3.8, 4) is 0 Å². The summed E-state index contributed by atoms with van der Waals surface area (Å²) in [6, 6.07) is 6.57. The summed E-state index contributed by atoms with van der Waals surface area (Å²) in [5.74, 6) is 0.0480. The Balaban J connectivity index is 1.67. The molecule has 0 saturated carbocycles. The minimum absolute atomic E-state index is 0.0248. The van der Waals surface area contributed by atoms with Crippen LogP contribution in [-0.4, -0.2) is 47.0 Å². The fraction of sp³-hybridized carbons (Fsp3) is 0.450. The largest absolute Gasteiger partial charge is 0.355 e. The third kappa shape index (κ3) is 5.23. The lowest BCUT2D eigenvalue weighted by atomic mass is 10.0. The molecule has 2 heterocycles. The third-order valence-electron chi connectivity index (χ3n) is 4.79. The molecule has 7 heteroatoms. The number of nitrogens with one attached hydrogen (secondary N) is 2. The second-order valence-corrected chi connectivity index (χ2v) is 6.70. The highest BCUT2D eigenvalue weighted by atomic mass is 19.1. The number of halogens is 1. The predicted octanol–water partition coefficient (Wildman–Crippen LogP) is 3.00. The number of hydrogen-bond donors (Lipinski definition) is 2. The maximum Gasteiger partial charge on any atom is 0.254 e. The van der Waals surface area contributed by atoms with Crippen LogP contribution in [0.3, 0.4) is 0 Å². The molecule has 0 spiro atoms. The molecule has 2 N–H and O–H groups in total. The van der Waals surface area contributed by atoms with E-state index >= 15 is 0 Å². The molecule has 0 bridgehead atoms. The van der Waals surface area contributed by atoms with Gasteiger partial charge in [-0.2, -0.15) is 0 Å². The van der Waals surface area contributed by atoms with Gasteiger partial charge < -0.3 is 10.6 Å². The van der Waals surface area contributed by atoms with Gasteiger partial charge in [0, 0.05) is 25.5 Å². The maximum absolute atomic E-state index is 13.3. The number of benzene rings is 1. The molecule has 0 radical (unpaired) electrons. The van der Waals surface area contributed by atoms with Gasteiger partial charge in [0.25, 0.3) is 5.91 Å². The third-order valence-corrected chi connectivity index (χ3v) is 4.79. The van der Waals surface area contributed by atoms with Crippen molar-refractivity contribution in [2.45, 2.75) is 32.2 Å². The van der Waals surface area contributed by atoms with E-state index in [-0.39, 0.29) is 17.8 Å². The van der Waals surface area contributed by atoms with E-state index in [1.165, 1.54) is 30.9 Å². The van der Waals surface area contributed by atoms with E-state index in [0.717, 1.165) is 38.0 Å². The van der Waals surface area contributed by atoms with E-state index < -0.39 is 0 Å². The van der Waals surface area contributed by atoms with E-state index in [1.807, 2.05) is 6.92 Å². The van der Waals surface area contributed by atoms with Crippen LogP contribution in [0.25, 0.3) is 0 Å². The van der Waals surface area contributed by atoms with Crippen LogP contribution in [0, 0.1) is 5.82 Å². The van der Waals surface area contributed by atoms with Gasteiger partial charge in [-0.15, -0.1) is 0 Å². The molecule has 1 fully saturated rings. The van der Waals surface area contributed by atoms with Crippen LogP contribution in [0.15, 0.2) is 36.7 Å². The fourth-order valence-corrected chi connectivity index (χ4v) is 3.36. The number of aromatic nitrogens is 2. The molecule has 6 nitrogen and oxygen atoms in total. The molecule has 0 aliphatic carbocycles. The lowest BCUT2D eigenvalue weighted by molar-refractivity contribution is 0.0923. The second kappa shape index (κ2) is 9.41. The molecule has 1 aromatic carbocycles. The summed E-state index contributed by atoms with van der Waals surface area (Å²) in [6.07, 6.45) is 6.56. The monoisotopic (exact) mass is 371 g/mol. The number of hydrogen-bond acceptors (Lipinski definition) is 5. The maximum atomic E-state index is 13.3. The lowest BCUT2D eigenvalue weighted by Crippen LogP contribution is -2.40. The van der Waals surface area contributed by atoms with E-state index in [1.54, 1.807) is 12.1 Å². The summed E-state index contributed by atoms with van der Waals surface area (Å²) in [7, 11) is 0. The first kappa shape index (κ1) is 19.2. The number of piperidine rings is 1. The van der Waals surface area contributed by atoms with Crippen molar-refractivity contribution in [1.29, 1.82) is 0 Å². The number of amides is 1. The van der Waals surface area contributed by atoms with Crippen molar-refractivity contribution in [3.05, 3.63) is 53.6 Å². The molecule has 1 saturated heterocycles. The van der Waals surface area contributed by atoms with E-state index in [2.05, 4.69) is 25.5 Å². The molecule has 3 rings (SSSR count). The molecule has 27 heavy (non-hydrogen) atoms. The zero-order chi connectivity index (χ0) is 19.1. The Morgan fingerprint density at radius 3 is 2.44 bits per heavy atom. The Morgan fingerprint density at radius 1 is 1.15 bits per heavy atom. The number of carbonyl (C=O) groups is 1. The molecule has 1 aromatic heterocycles. The molecule has 1 aliphatic heterocycles. The number of likely N-dealkylation sites (tertiary alicyclic amines) is 1. The Hall–Kier alpha value is -2.54. The first-order valence-electron chi connectivity index (χ1n) is 9.51. The number of carbonyl (C=O) groups excluding carboxylic acids is 1. The smallest absolute Gasteiger partial charge is 0.254 e. The Morgan fingerprint density at radius 2 is 1.81 bits per heavy atom. The zero-order valence-corrected chi connectivity index (χ0v) is 15.6. The molecular formula is C20H26FN5O. The van der Waals surface area contributed by atoms with E-state index in [9.17, 15) is 9.18 Å². The highest BCUT2D eigenvalue weighted by molar-refractivity contribution is 5.93. The summed E-state index contributed by atoms with van der Waals surface area (Å²) in [4.78, 5) is 23.1. The van der Waals surface area contributed by atoms with Gasteiger partial charge in [0.1, 0.15) is 5.82 Å². The van der Waals surface area contributed by atoms with Crippen LogP contribution >= 0.6 is 0 Å². The summed E-state index contributed by atoms with van der Waals surface area (Å²) < 4.78 is 13.3. The van der Waals surface area contributed by atoms with Gasteiger partial charge in [-0.05, 0) is 50.6 Å². The standard InChI is InChI=1S/C20H26FN5O/c1-2-22-20-24-12-16(13-25-20)19(27)23-14-18(26-10-4-3-5-11-26)15-6-8-17(21)9-7-15/h6-9,12-13,18H,2-5,10-11,14H2,1H3,(H,23,27)(H,22,24,25). The highest BCUT2D eigenvalue weighted by Gasteiger charge is 2.23. The van der Waals surface area contributed by atoms with Crippen LogP contribution in [0.2, 0.25) is 0 Å². The van der Waals surface area contributed by atoms with Gasteiger partial charge in [0.2, 0.25) is 5.95 Å². The van der Waals surface area contributed by atoms with Gasteiger partial charge in [0.15, 0.2) is 0 Å². The van der Waals surface area contributed by atoms with Crippen molar-refractivity contribution in [1.82, 2.24) is 20.2 Å². The van der Waals surface area contributed by atoms with E-state index in [0.29, 0.717) is 18.1 Å². The minimum atomic E-state index is -0.252. The first-order valence-corrected chi connectivity index (χ1v) is 9.51. The fourth-order valence-electron chi connectivity index (χ4n) is 3.36. The molecule has 144 valence electrons. The molecule has 1 amide bonds. The van der Waals surface area contributed by atoms with E-state index in [4.69, 9.17) is 0 Å². The van der Waals surface area contributed by atoms with Crippen LogP contribution in [0.5, 0.6) is 0 Å². The number of anilines is 1. The molecular weight excluding hydrogens is 345 g/mol. The Kier molecular flexibility index (Phi) is 6.70. The summed E-state index contributed by atoms with van der Waals surface area (Å²) in [5, 5.41) is 5.99. The average Bonchev–Trinajstić information content (AvgIpc) is 2.71. The zero-order valence-electron chi connectivity index (χ0n) is 15.6. The summed E-state index contributed by atoms with van der Waals surface area (Å²) in [6.45, 7) is 5.11. The minimum Gasteiger partial charge on any atom is -0.355 e. The summed E-state index contributed by atoms with van der Waals surface area (Å²) in [5.41, 5.74) is 1.44. The van der Waals surface area contributed by atoms with Crippen LogP contribution in [0.1, 0.15) is 48.1 Å². The normalized spacial score (nSPS) is 15.9. The van der Waals surface area contributed by atoms with Crippen molar-refractivity contribution in [2.24, 2.45) is 0 Å². The number of rotatable bonds is 7. The second-order valence-electron chi connectivity index (χ2n) is 6.70. The Bertz CT molecular complexity index is 729. The predicted molar refractivity (Wildman–Crippen MR) is 103 cm³/mol. The van der Waals surface area contributed by atoms with Gasteiger partial charge in [-0.25, -0.2) is 14.4 Å². The van der Waals surface area contributed by atoms with Gasteiger partial charge in [0.05, 0.1) is 11.6 Å². The van der Waals surface area contributed by atoms with Crippen molar-refractivity contribution in [3.63, 3.8) is 0 Å². The highest BCUT2D eigenvalue weighted by Crippen LogP contribution is 2.24. The van der Waals surface area contributed by atoms with Crippen molar-refractivity contribution >= 4 is 11.9 Å². The molecule has 2 aromatic rings. The van der Waals surface area contributed by atoms with Crippen LogP contribution < -0.4 is 10.6 Å². The SMILES string of the molecule is CCNc1ncc(C(=O)NCC(c2ccc(F)cc2)N2CCCCC2)cn1. The first-order chi connectivity index (χ1) is 13.2. The Labute approximate surface area is 159 Å². The van der Waals surface area contributed by atoms with Crippen LogP contribution in [-0.2, 0) is 0 Å². The topological polar surface area (TPSA) is 70.2 Å².